The van der Waals surface area contributed by atoms with Crippen LogP contribution in [0.3, 0.4) is 0 Å². The minimum Gasteiger partial charge on any atom is -0.303 e. The van der Waals surface area contributed by atoms with Gasteiger partial charge in [-0.3, -0.25) is 9.69 Å². The van der Waals surface area contributed by atoms with Crippen LogP contribution in [-0.4, -0.2) is 73.6 Å². The van der Waals surface area contributed by atoms with Gasteiger partial charge in [-0.05, 0) is 131 Å². The van der Waals surface area contributed by atoms with Gasteiger partial charge in [0.1, 0.15) is 9.84 Å². The number of aliphatic imine (C=N–C) groups is 2. The van der Waals surface area contributed by atoms with Gasteiger partial charge >= 0.3 is 0 Å². The first-order valence-electron chi connectivity index (χ1n) is 17.0. The summed E-state index contributed by atoms with van der Waals surface area (Å²) in [6.07, 6.45) is 16.4. The number of carbonyl (C=O) groups excluding carboxylic acids is 1. The van der Waals surface area contributed by atoms with Gasteiger partial charge in [0.15, 0.2) is 5.66 Å². The van der Waals surface area contributed by atoms with Gasteiger partial charge in [-0.2, -0.15) is 0 Å². The van der Waals surface area contributed by atoms with Gasteiger partial charge in [0.25, 0.3) is 0 Å². The number of carbonyl (C=O) groups is 1. The molecule has 3 aliphatic heterocycles. The number of sulfone groups is 1. The highest BCUT2D eigenvalue weighted by atomic mass is 32.2. The maximum absolute atomic E-state index is 14.3. The second-order valence-electron chi connectivity index (χ2n) is 15.4. The smallest absolute Gasteiger partial charge is 0.234 e. The number of fused-ring (bicyclic) bond motifs is 7. The maximum Gasteiger partial charge on any atom is 0.234 e. The average molecular weight is 607 g/mol. The number of rotatable bonds is 7. The molecule has 2 saturated carbocycles. The average Bonchev–Trinajstić information content (AvgIpc) is 3.35. The first-order valence-corrected chi connectivity index (χ1v) is 19.0. The minimum atomic E-state index is -3.14. The van der Waals surface area contributed by atoms with Gasteiger partial charge in [-0.1, -0.05) is 38.1 Å². The number of guanidine groups is 1. The molecule has 0 aromatic heterocycles. The van der Waals surface area contributed by atoms with E-state index in [1.165, 1.54) is 51.4 Å². The number of piperidine rings is 1. The zero-order valence-electron chi connectivity index (χ0n) is 26.5. The zero-order valence-corrected chi connectivity index (χ0v) is 27.3. The molecular formula is C35H50N4O3S. The number of hydrogen-bond acceptors (Lipinski definition) is 6. The zero-order chi connectivity index (χ0) is 30.1. The molecule has 1 aromatic rings. The Labute approximate surface area is 258 Å². The van der Waals surface area contributed by atoms with Crippen LogP contribution in [0.25, 0.3) is 0 Å². The summed E-state index contributed by atoms with van der Waals surface area (Å²) in [6.45, 7) is 8.33. The van der Waals surface area contributed by atoms with Gasteiger partial charge in [0.2, 0.25) is 11.9 Å². The molecule has 2 bridgehead atoms. The van der Waals surface area contributed by atoms with Gasteiger partial charge in [-0.15, -0.1) is 0 Å². The Morgan fingerprint density at radius 1 is 1.00 bits per heavy atom. The lowest BCUT2D eigenvalue weighted by Gasteiger charge is -2.65. The molecule has 0 radical (unpaired) electrons. The van der Waals surface area contributed by atoms with E-state index in [0.29, 0.717) is 36.6 Å². The Kier molecular flexibility index (Phi) is 7.24. The molecule has 1 saturated heterocycles. The fraction of sp³-hybridized carbons (Fsp3) is 0.743. The van der Waals surface area contributed by atoms with Crippen LogP contribution in [0, 0.1) is 22.7 Å². The topological polar surface area (TPSA) is 82.4 Å². The van der Waals surface area contributed by atoms with Crippen LogP contribution in [0.15, 0.2) is 34.3 Å². The van der Waals surface area contributed by atoms with Crippen LogP contribution in [0.5, 0.6) is 0 Å². The molecule has 1 aromatic carbocycles. The molecule has 234 valence electrons. The minimum absolute atomic E-state index is 0.0509. The summed E-state index contributed by atoms with van der Waals surface area (Å²) in [6, 6.07) is 9.13. The number of hydrogen-bond donors (Lipinski definition) is 0. The van der Waals surface area contributed by atoms with Gasteiger partial charge < -0.3 is 4.90 Å². The van der Waals surface area contributed by atoms with Crippen molar-refractivity contribution in [3.63, 3.8) is 0 Å². The van der Waals surface area contributed by atoms with Crippen molar-refractivity contribution < 1.29 is 13.2 Å². The lowest BCUT2D eigenvalue weighted by atomic mass is 9.50. The molecule has 2 spiro atoms. The predicted molar refractivity (Wildman–Crippen MR) is 172 cm³/mol. The van der Waals surface area contributed by atoms with Crippen LogP contribution in [0.1, 0.15) is 102 Å². The van der Waals surface area contributed by atoms with Crippen molar-refractivity contribution in [2.45, 2.75) is 108 Å². The number of likely N-dealkylation sites (tertiary alicyclic amines) is 1. The molecule has 3 fully saturated rings. The predicted octanol–water partition coefficient (Wildman–Crippen LogP) is 5.77. The molecule has 6 aliphatic rings. The highest BCUT2D eigenvalue weighted by molar-refractivity contribution is 7.90. The second-order valence-corrected chi connectivity index (χ2v) is 17.6. The van der Waals surface area contributed by atoms with E-state index >= 15 is 0 Å². The summed E-state index contributed by atoms with van der Waals surface area (Å²) in [7, 11) is -3.14. The molecule has 43 heavy (non-hydrogen) atoms. The standard InChI is InChI=1S/C35H50N4O3S/c1-32(2)28-12-17-34(32,15-7-22-38-23-19-33(20-24-38)16-11-26-8-4-5-10-29(26)33)35(18-13-28)37-31-36-21-6-9-27(30(40)39(31)35)14-25-43(3,41)42/h4-5,8,10,21,27-28H,6-7,9,11-20,22-25H2,1-3H3. The molecule has 8 heteroatoms. The lowest BCUT2D eigenvalue weighted by molar-refractivity contribution is -0.164. The van der Waals surface area contributed by atoms with E-state index in [1.54, 1.807) is 11.1 Å². The number of amides is 1. The van der Waals surface area contributed by atoms with Crippen LogP contribution >= 0.6 is 0 Å². The highest BCUT2D eigenvalue weighted by Gasteiger charge is 2.73. The van der Waals surface area contributed by atoms with E-state index in [0.717, 1.165) is 38.6 Å². The third kappa shape index (κ3) is 4.59. The Morgan fingerprint density at radius 3 is 2.56 bits per heavy atom. The van der Waals surface area contributed by atoms with E-state index in [4.69, 9.17) is 4.99 Å². The fourth-order valence-corrected chi connectivity index (χ4v) is 11.4. The van der Waals surface area contributed by atoms with Gasteiger partial charge in [0, 0.05) is 23.8 Å². The van der Waals surface area contributed by atoms with E-state index in [1.807, 2.05) is 11.1 Å². The third-order valence-corrected chi connectivity index (χ3v) is 14.2. The monoisotopic (exact) mass is 606 g/mol. The summed E-state index contributed by atoms with van der Waals surface area (Å²) in [4.78, 5) is 28.9. The second kappa shape index (κ2) is 10.5. The summed E-state index contributed by atoms with van der Waals surface area (Å²) < 4.78 is 24.1. The van der Waals surface area contributed by atoms with Crippen molar-refractivity contribution in [3.05, 3.63) is 35.4 Å². The van der Waals surface area contributed by atoms with E-state index < -0.39 is 15.5 Å². The molecule has 1 amide bonds. The molecular weight excluding hydrogens is 556 g/mol. The molecule has 3 heterocycles. The van der Waals surface area contributed by atoms with Crippen molar-refractivity contribution in [3.8, 4) is 0 Å². The summed E-state index contributed by atoms with van der Waals surface area (Å²) in [5, 5.41) is 0. The fourth-order valence-electron chi connectivity index (χ4n) is 10.7. The normalized spacial score (nSPS) is 34.4. The number of benzene rings is 1. The lowest BCUT2D eigenvalue weighted by Crippen LogP contribution is -2.73. The Morgan fingerprint density at radius 2 is 1.77 bits per heavy atom. The molecule has 4 unspecified atom stereocenters. The Bertz CT molecular complexity index is 1440. The third-order valence-electron chi connectivity index (χ3n) is 13.2. The van der Waals surface area contributed by atoms with Crippen LogP contribution in [-0.2, 0) is 26.5 Å². The molecule has 0 N–H and O–H groups in total. The quantitative estimate of drug-likeness (QED) is 0.395. The van der Waals surface area contributed by atoms with E-state index in [-0.39, 0.29) is 28.4 Å². The molecule has 7 nitrogen and oxygen atoms in total. The van der Waals surface area contributed by atoms with Gasteiger partial charge in [-0.25, -0.2) is 18.4 Å². The summed E-state index contributed by atoms with van der Waals surface area (Å²) in [5.74, 6) is 1.03. The first-order chi connectivity index (χ1) is 20.5. The number of aryl methyl sites for hydroxylation is 1. The largest absolute Gasteiger partial charge is 0.303 e. The van der Waals surface area contributed by atoms with Crippen molar-refractivity contribution in [1.82, 2.24) is 9.80 Å². The first kappa shape index (κ1) is 29.6. The molecule has 7 rings (SSSR count). The van der Waals surface area contributed by atoms with Crippen LogP contribution in [0.2, 0.25) is 0 Å². The summed E-state index contributed by atoms with van der Waals surface area (Å²) in [5.41, 5.74) is 3.02. The SMILES string of the molecule is CC1(C)C2CCC3(N=C4N=CCCC(CCS(C)(=O)=O)C(=O)N43)C1(CCCN1CCC3(CCc4ccccc43)CC1)CC2. The van der Waals surface area contributed by atoms with Gasteiger partial charge in [0.05, 0.1) is 5.75 Å². The van der Waals surface area contributed by atoms with Crippen LogP contribution in [0.4, 0.5) is 0 Å². The highest BCUT2D eigenvalue weighted by Crippen LogP contribution is 2.72. The molecule has 4 atom stereocenters. The van der Waals surface area contributed by atoms with Crippen molar-refractivity contribution in [2.24, 2.45) is 32.7 Å². The van der Waals surface area contributed by atoms with Crippen molar-refractivity contribution in [1.29, 1.82) is 0 Å². The van der Waals surface area contributed by atoms with E-state index in [9.17, 15) is 13.2 Å². The van der Waals surface area contributed by atoms with Crippen LogP contribution < -0.4 is 0 Å². The summed E-state index contributed by atoms with van der Waals surface area (Å²) >= 11 is 0. The maximum atomic E-state index is 14.3. The van der Waals surface area contributed by atoms with Crippen molar-refractivity contribution in [2.75, 3.05) is 31.6 Å². The molecule has 3 aliphatic carbocycles. The Balaban J connectivity index is 1.09. The van der Waals surface area contributed by atoms with Crippen molar-refractivity contribution >= 4 is 27.9 Å². The number of nitrogens with zero attached hydrogens (tertiary/aromatic N) is 4. The van der Waals surface area contributed by atoms with E-state index in [2.05, 4.69) is 48.0 Å². The Hall–Kier alpha value is -2.06.